The molecule has 4 rings (SSSR count). The Hall–Kier alpha value is -2.94. The minimum absolute atomic E-state index is 0.0216. The topological polar surface area (TPSA) is 62.5 Å². The average Bonchev–Trinajstić information content (AvgIpc) is 3.30. The highest BCUT2D eigenvalue weighted by atomic mass is 32.2. The summed E-state index contributed by atoms with van der Waals surface area (Å²) in [6, 6.07) is 15.0. The first-order valence-corrected chi connectivity index (χ1v) is 11.1. The normalized spacial score (nSPS) is 14.1. The predicted molar refractivity (Wildman–Crippen MR) is 116 cm³/mol. The molecule has 2 heterocycles. The summed E-state index contributed by atoms with van der Waals surface area (Å²) in [5, 5.41) is 7.03. The molecule has 31 heavy (non-hydrogen) atoms. The van der Waals surface area contributed by atoms with Crippen LogP contribution in [-0.2, 0) is 6.54 Å². The van der Waals surface area contributed by atoms with Gasteiger partial charge in [0.1, 0.15) is 0 Å². The van der Waals surface area contributed by atoms with Crippen LogP contribution in [0.1, 0.15) is 23.4 Å². The fraction of sp³-hybridized carbons (Fsp3) is 0.318. The van der Waals surface area contributed by atoms with Gasteiger partial charge in [0.05, 0.1) is 6.54 Å². The number of urea groups is 1. The van der Waals surface area contributed by atoms with E-state index in [0.717, 1.165) is 41.4 Å². The number of alkyl halides is 2. The SMILES string of the molecule is Cc1ccc(N(Cc2ccc(-c3nnc(C(F)F)o3)cc2)C(=O)N2CCSCC2)cc1. The van der Waals surface area contributed by atoms with Crippen LogP contribution < -0.4 is 4.90 Å². The zero-order valence-electron chi connectivity index (χ0n) is 17.0. The molecule has 0 radical (unpaired) electrons. The summed E-state index contributed by atoms with van der Waals surface area (Å²) in [6.45, 7) is 3.86. The molecule has 1 aliphatic rings. The zero-order valence-corrected chi connectivity index (χ0v) is 17.8. The number of aromatic nitrogens is 2. The number of amides is 2. The summed E-state index contributed by atoms with van der Waals surface area (Å²) in [7, 11) is 0. The number of aryl methyl sites for hydroxylation is 1. The first-order valence-electron chi connectivity index (χ1n) is 9.93. The monoisotopic (exact) mass is 444 g/mol. The number of halogens is 2. The van der Waals surface area contributed by atoms with Gasteiger partial charge in [0.15, 0.2) is 0 Å². The van der Waals surface area contributed by atoms with Gasteiger partial charge in [0.2, 0.25) is 5.89 Å². The largest absolute Gasteiger partial charge is 0.415 e. The van der Waals surface area contributed by atoms with Gasteiger partial charge in [-0.25, -0.2) is 4.79 Å². The molecule has 0 spiro atoms. The van der Waals surface area contributed by atoms with Crippen LogP contribution in [0.15, 0.2) is 52.9 Å². The number of nitrogens with zero attached hydrogens (tertiary/aromatic N) is 4. The van der Waals surface area contributed by atoms with E-state index in [1.165, 1.54) is 0 Å². The molecule has 2 aromatic carbocycles. The third-order valence-corrected chi connectivity index (χ3v) is 5.97. The Labute approximate surface area is 183 Å². The molecule has 3 aromatic rings. The van der Waals surface area contributed by atoms with E-state index < -0.39 is 12.3 Å². The molecule has 0 N–H and O–H groups in total. The molecule has 2 amide bonds. The van der Waals surface area contributed by atoms with Crippen molar-refractivity contribution in [2.75, 3.05) is 29.5 Å². The van der Waals surface area contributed by atoms with Gasteiger partial charge in [0.25, 0.3) is 5.89 Å². The lowest BCUT2D eigenvalue weighted by atomic mass is 10.1. The van der Waals surface area contributed by atoms with Gasteiger partial charge in [-0.05, 0) is 36.8 Å². The van der Waals surface area contributed by atoms with Crippen molar-refractivity contribution in [3.8, 4) is 11.5 Å². The number of rotatable bonds is 5. The van der Waals surface area contributed by atoms with Crippen molar-refractivity contribution in [1.29, 1.82) is 0 Å². The lowest BCUT2D eigenvalue weighted by Crippen LogP contribution is -2.46. The second kappa shape index (κ2) is 9.47. The number of thioether (sulfide) groups is 1. The Kier molecular flexibility index (Phi) is 6.50. The maximum absolute atomic E-state index is 13.3. The number of hydrogen-bond acceptors (Lipinski definition) is 5. The van der Waals surface area contributed by atoms with E-state index in [0.29, 0.717) is 12.1 Å². The number of carbonyl (C=O) groups excluding carboxylic acids is 1. The van der Waals surface area contributed by atoms with Crippen LogP contribution in [0, 0.1) is 6.92 Å². The molecule has 1 aromatic heterocycles. The molecular formula is C22H22F2N4O2S. The van der Waals surface area contributed by atoms with E-state index >= 15 is 0 Å². The van der Waals surface area contributed by atoms with Crippen molar-refractivity contribution < 1.29 is 18.0 Å². The van der Waals surface area contributed by atoms with E-state index in [4.69, 9.17) is 4.42 Å². The molecule has 0 aliphatic carbocycles. The Morgan fingerprint density at radius 2 is 1.77 bits per heavy atom. The second-order valence-corrected chi connectivity index (χ2v) is 8.47. The van der Waals surface area contributed by atoms with E-state index in [1.54, 1.807) is 17.0 Å². The van der Waals surface area contributed by atoms with Gasteiger partial charge in [-0.1, -0.05) is 29.8 Å². The highest BCUT2D eigenvalue weighted by Gasteiger charge is 2.24. The summed E-state index contributed by atoms with van der Waals surface area (Å²) in [4.78, 5) is 16.9. The smallest absolute Gasteiger partial charge is 0.324 e. The predicted octanol–water partition coefficient (Wildman–Crippen LogP) is 5.16. The zero-order chi connectivity index (χ0) is 21.8. The Morgan fingerprint density at radius 1 is 1.10 bits per heavy atom. The highest BCUT2D eigenvalue weighted by Crippen LogP contribution is 2.25. The standard InChI is InChI=1S/C22H22F2N4O2S/c1-15-2-8-18(9-3-15)28(22(29)27-10-12-31-13-11-27)14-16-4-6-17(7-5-16)20-25-26-21(30-20)19(23)24/h2-9,19H,10-14H2,1H3. The minimum Gasteiger partial charge on any atom is -0.415 e. The molecule has 1 aliphatic heterocycles. The van der Waals surface area contributed by atoms with Crippen molar-refractivity contribution in [3.63, 3.8) is 0 Å². The van der Waals surface area contributed by atoms with Crippen LogP contribution in [-0.4, -0.2) is 45.7 Å². The van der Waals surface area contributed by atoms with Crippen LogP contribution in [0.5, 0.6) is 0 Å². The quantitative estimate of drug-likeness (QED) is 0.544. The van der Waals surface area contributed by atoms with E-state index in [9.17, 15) is 13.6 Å². The molecule has 162 valence electrons. The Morgan fingerprint density at radius 3 is 2.39 bits per heavy atom. The lowest BCUT2D eigenvalue weighted by molar-refractivity contribution is 0.116. The van der Waals surface area contributed by atoms with Gasteiger partial charge in [-0.3, -0.25) is 4.90 Å². The fourth-order valence-corrected chi connectivity index (χ4v) is 4.20. The molecule has 0 saturated carbocycles. The molecule has 1 fully saturated rings. The van der Waals surface area contributed by atoms with E-state index in [1.807, 2.05) is 60.0 Å². The summed E-state index contributed by atoms with van der Waals surface area (Å²) >= 11 is 1.85. The van der Waals surface area contributed by atoms with Gasteiger partial charge >= 0.3 is 12.5 Å². The van der Waals surface area contributed by atoms with Crippen molar-refractivity contribution >= 4 is 23.5 Å². The molecule has 0 bridgehead atoms. The lowest BCUT2D eigenvalue weighted by Gasteiger charge is -2.33. The van der Waals surface area contributed by atoms with Crippen molar-refractivity contribution in [2.45, 2.75) is 19.9 Å². The number of anilines is 1. The summed E-state index contributed by atoms with van der Waals surface area (Å²) in [6.07, 6.45) is -2.80. The van der Waals surface area contributed by atoms with Crippen molar-refractivity contribution in [2.24, 2.45) is 0 Å². The van der Waals surface area contributed by atoms with Crippen LogP contribution in [0.25, 0.3) is 11.5 Å². The third-order valence-electron chi connectivity index (χ3n) is 5.03. The maximum atomic E-state index is 13.3. The summed E-state index contributed by atoms with van der Waals surface area (Å²) in [5.41, 5.74) is 3.40. The molecule has 0 unspecified atom stereocenters. The number of hydrogen-bond donors (Lipinski definition) is 0. The first kappa shape index (κ1) is 21.3. The Bertz CT molecular complexity index is 1020. The molecule has 0 atom stereocenters. The molecule has 1 saturated heterocycles. The van der Waals surface area contributed by atoms with Gasteiger partial charge in [-0.2, -0.15) is 20.5 Å². The van der Waals surface area contributed by atoms with Crippen LogP contribution >= 0.6 is 11.8 Å². The van der Waals surface area contributed by atoms with E-state index in [2.05, 4.69) is 10.2 Å². The third kappa shape index (κ3) is 5.04. The highest BCUT2D eigenvalue weighted by molar-refractivity contribution is 7.99. The van der Waals surface area contributed by atoms with Crippen LogP contribution in [0.4, 0.5) is 19.3 Å². The first-order chi connectivity index (χ1) is 15.0. The van der Waals surface area contributed by atoms with Gasteiger partial charge in [0, 0.05) is 35.8 Å². The molecular weight excluding hydrogens is 422 g/mol. The van der Waals surface area contributed by atoms with Crippen molar-refractivity contribution in [3.05, 3.63) is 65.5 Å². The van der Waals surface area contributed by atoms with Crippen LogP contribution in [0.3, 0.4) is 0 Å². The van der Waals surface area contributed by atoms with Crippen LogP contribution in [0.2, 0.25) is 0 Å². The Balaban J connectivity index is 1.55. The van der Waals surface area contributed by atoms with Crippen molar-refractivity contribution in [1.82, 2.24) is 15.1 Å². The molecule has 6 nitrogen and oxygen atoms in total. The van der Waals surface area contributed by atoms with E-state index in [-0.39, 0.29) is 11.9 Å². The summed E-state index contributed by atoms with van der Waals surface area (Å²) < 4.78 is 30.4. The minimum atomic E-state index is -2.80. The maximum Gasteiger partial charge on any atom is 0.324 e. The number of carbonyl (C=O) groups is 1. The summed E-state index contributed by atoms with van der Waals surface area (Å²) in [5.74, 6) is 1.22. The number of benzene rings is 2. The average molecular weight is 445 g/mol. The fourth-order valence-electron chi connectivity index (χ4n) is 3.29. The van der Waals surface area contributed by atoms with Gasteiger partial charge < -0.3 is 9.32 Å². The van der Waals surface area contributed by atoms with Gasteiger partial charge in [-0.15, -0.1) is 10.2 Å². The molecule has 9 heteroatoms. The second-order valence-electron chi connectivity index (χ2n) is 7.25.